The van der Waals surface area contributed by atoms with Crippen LogP contribution in [-0.4, -0.2) is 55.0 Å². The highest BCUT2D eigenvalue weighted by Gasteiger charge is 2.32. The molecule has 0 saturated carbocycles. The van der Waals surface area contributed by atoms with Crippen molar-refractivity contribution in [3.05, 3.63) is 0 Å². The zero-order valence-corrected chi connectivity index (χ0v) is 10.9. The number of piperidine rings is 2. The highest BCUT2D eigenvalue weighted by molar-refractivity contribution is 5.79. The molecule has 0 bridgehead atoms. The molecule has 0 aromatic rings. The van der Waals surface area contributed by atoms with Crippen LogP contribution < -0.4 is 5.73 Å². The van der Waals surface area contributed by atoms with E-state index in [9.17, 15) is 4.79 Å². The van der Waals surface area contributed by atoms with Crippen molar-refractivity contribution in [2.75, 3.05) is 33.2 Å². The van der Waals surface area contributed by atoms with Crippen LogP contribution in [-0.2, 0) is 4.79 Å². The van der Waals surface area contributed by atoms with Gasteiger partial charge in [0, 0.05) is 25.0 Å². The van der Waals surface area contributed by atoms with E-state index in [0.29, 0.717) is 18.5 Å². The van der Waals surface area contributed by atoms with Crippen molar-refractivity contribution < 1.29 is 4.79 Å². The fourth-order valence-corrected chi connectivity index (χ4v) is 3.03. The van der Waals surface area contributed by atoms with Crippen LogP contribution in [0.4, 0.5) is 0 Å². The summed E-state index contributed by atoms with van der Waals surface area (Å²) in [5, 5.41) is 0. The predicted molar refractivity (Wildman–Crippen MR) is 68.6 cm³/mol. The van der Waals surface area contributed by atoms with E-state index in [1.54, 1.807) is 0 Å². The summed E-state index contributed by atoms with van der Waals surface area (Å²) in [6.07, 6.45) is 5.50. The summed E-state index contributed by atoms with van der Waals surface area (Å²) in [6.45, 7) is 3.65. The van der Waals surface area contributed by atoms with Gasteiger partial charge in [0.25, 0.3) is 0 Å². The monoisotopic (exact) mass is 239 g/mol. The van der Waals surface area contributed by atoms with Gasteiger partial charge in [0.1, 0.15) is 0 Å². The maximum absolute atomic E-state index is 12.5. The molecule has 98 valence electrons. The highest BCUT2D eigenvalue weighted by Crippen LogP contribution is 2.23. The van der Waals surface area contributed by atoms with Gasteiger partial charge in [-0.3, -0.25) is 4.79 Å². The fraction of sp³-hybridized carbons (Fsp3) is 0.923. The Bertz CT molecular complexity index is 261. The quantitative estimate of drug-likeness (QED) is 0.770. The van der Waals surface area contributed by atoms with Gasteiger partial charge in [0.05, 0.1) is 0 Å². The van der Waals surface area contributed by atoms with Crippen LogP contribution in [0, 0.1) is 5.92 Å². The largest absolute Gasteiger partial charge is 0.338 e. The summed E-state index contributed by atoms with van der Waals surface area (Å²) in [6, 6.07) is 0.302. The van der Waals surface area contributed by atoms with Crippen molar-refractivity contribution in [1.29, 1.82) is 0 Å². The zero-order chi connectivity index (χ0) is 12.3. The number of carbonyl (C=O) groups is 1. The molecule has 2 aliphatic rings. The number of hydrogen-bond donors (Lipinski definition) is 1. The molecule has 2 saturated heterocycles. The number of rotatable bonds is 2. The van der Waals surface area contributed by atoms with E-state index in [1.807, 2.05) is 0 Å². The van der Waals surface area contributed by atoms with Gasteiger partial charge < -0.3 is 15.5 Å². The fourth-order valence-electron chi connectivity index (χ4n) is 3.03. The van der Waals surface area contributed by atoms with E-state index in [0.717, 1.165) is 45.3 Å². The van der Waals surface area contributed by atoms with Crippen molar-refractivity contribution in [2.24, 2.45) is 11.7 Å². The van der Waals surface area contributed by atoms with Gasteiger partial charge in [-0.05, 0) is 52.2 Å². The number of nitrogens with zero attached hydrogens (tertiary/aromatic N) is 2. The average molecular weight is 239 g/mol. The second-order valence-electron chi connectivity index (χ2n) is 5.49. The Morgan fingerprint density at radius 2 is 1.88 bits per heavy atom. The summed E-state index contributed by atoms with van der Waals surface area (Å²) in [5.41, 5.74) is 5.78. The Morgan fingerprint density at radius 1 is 1.18 bits per heavy atom. The van der Waals surface area contributed by atoms with Gasteiger partial charge in [-0.1, -0.05) is 0 Å². The molecule has 0 aromatic carbocycles. The van der Waals surface area contributed by atoms with Crippen LogP contribution in [0.2, 0.25) is 0 Å². The van der Waals surface area contributed by atoms with Gasteiger partial charge >= 0.3 is 0 Å². The van der Waals surface area contributed by atoms with Crippen molar-refractivity contribution in [3.63, 3.8) is 0 Å². The Kier molecular flexibility index (Phi) is 4.40. The van der Waals surface area contributed by atoms with Gasteiger partial charge in [-0.25, -0.2) is 0 Å². The standard InChI is InChI=1S/C13H25N3O/c1-15-8-5-11(6-9-15)13(17)16-7-3-2-4-12(16)10-14/h11-12H,2-10,14H2,1H3. The molecule has 1 unspecified atom stereocenters. The molecule has 2 N–H and O–H groups in total. The SMILES string of the molecule is CN1CCC(C(=O)N2CCCCC2CN)CC1. The molecule has 0 aromatic heterocycles. The molecule has 2 aliphatic heterocycles. The zero-order valence-electron chi connectivity index (χ0n) is 10.9. The number of hydrogen-bond acceptors (Lipinski definition) is 3. The van der Waals surface area contributed by atoms with Crippen LogP contribution in [0.15, 0.2) is 0 Å². The summed E-state index contributed by atoms with van der Waals surface area (Å²) >= 11 is 0. The Balaban J connectivity index is 1.93. The van der Waals surface area contributed by atoms with Crippen molar-refractivity contribution in [1.82, 2.24) is 9.80 Å². The van der Waals surface area contributed by atoms with Crippen molar-refractivity contribution >= 4 is 5.91 Å². The molecule has 0 spiro atoms. The first-order chi connectivity index (χ1) is 8.22. The second-order valence-corrected chi connectivity index (χ2v) is 5.49. The maximum Gasteiger partial charge on any atom is 0.226 e. The van der Waals surface area contributed by atoms with E-state index in [4.69, 9.17) is 5.73 Å². The first kappa shape index (κ1) is 12.8. The third kappa shape index (κ3) is 2.99. The smallest absolute Gasteiger partial charge is 0.226 e. The molecule has 4 heteroatoms. The van der Waals surface area contributed by atoms with Crippen molar-refractivity contribution in [3.8, 4) is 0 Å². The van der Waals surface area contributed by atoms with Crippen LogP contribution in [0.5, 0.6) is 0 Å². The Labute approximate surface area is 104 Å². The Hall–Kier alpha value is -0.610. The van der Waals surface area contributed by atoms with Crippen LogP contribution in [0.3, 0.4) is 0 Å². The van der Waals surface area contributed by atoms with Gasteiger partial charge in [0.2, 0.25) is 5.91 Å². The van der Waals surface area contributed by atoms with E-state index in [1.165, 1.54) is 6.42 Å². The summed E-state index contributed by atoms with van der Waals surface area (Å²) in [4.78, 5) is 16.9. The first-order valence-electron chi connectivity index (χ1n) is 6.91. The molecular formula is C13H25N3O. The third-order valence-corrected chi connectivity index (χ3v) is 4.25. The summed E-state index contributed by atoms with van der Waals surface area (Å²) in [7, 11) is 2.13. The lowest BCUT2D eigenvalue weighted by Gasteiger charge is -2.39. The molecule has 0 aliphatic carbocycles. The molecule has 17 heavy (non-hydrogen) atoms. The number of nitrogens with two attached hydrogens (primary N) is 1. The lowest BCUT2D eigenvalue weighted by atomic mass is 9.93. The van der Waals surface area contributed by atoms with Gasteiger partial charge in [0.15, 0.2) is 0 Å². The van der Waals surface area contributed by atoms with E-state index in [-0.39, 0.29) is 5.92 Å². The van der Waals surface area contributed by atoms with E-state index < -0.39 is 0 Å². The van der Waals surface area contributed by atoms with Crippen LogP contribution in [0.25, 0.3) is 0 Å². The highest BCUT2D eigenvalue weighted by atomic mass is 16.2. The summed E-state index contributed by atoms with van der Waals surface area (Å²) in [5.74, 6) is 0.617. The minimum Gasteiger partial charge on any atom is -0.338 e. The lowest BCUT2D eigenvalue weighted by Crippen LogP contribution is -2.51. The van der Waals surface area contributed by atoms with E-state index in [2.05, 4.69) is 16.8 Å². The molecular weight excluding hydrogens is 214 g/mol. The number of likely N-dealkylation sites (tertiary alicyclic amines) is 2. The van der Waals surface area contributed by atoms with Crippen molar-refractivity contribution in [2.45, 2.75) is 38.1 Å². The molecule has 4 nitrogen and oxygen atoms in total. The lowest BCUT2D eigenvalue weighted by molar-refractivity contribution is -0.140. The van der Waals surface area contributed by atoms with Crippen LogP contribution in [0.1, 0.15) is 32.1 Å². The van der Waals surface area contributed by atoms with E-state index >= 15 is 0 Å². The first-order valence-corrected chi connectivity index (χ1v) is 6.91. The second kappa shape index (κ2) is 5.83. The predicted octanol–water partition coefficient (Wildman–Crippen LogP) is 0.668. The average Bonchev–Trinajstić information content (AvgIpc) is 2.39. The minimum absolute atomic E-state index is 0.248. The molecule has 1 atom stereocenters. The van der Waals surface area contributed by atoms with Crippen LogP contribution >= 0.6 is 0 Å². The molecule has 2 rings (SSSR count). The normalized spacial score (nSPS) is 28.4. The Morgan fingerprint density at radius 3 is 2.53 bits per heavy atom. The topological polar surface area (TPSA) is 49.6 Å². The molecule has 0 radical (unpaired) electrons. The molecule has 2 fully saturated rings. The number of amides is 1. The molecule has 2 heterocycles. The minimum atomic E-state index is 0.248. The number of carbonyl (C=O) groups excluding carboxylic acids is 1. The van der Waals surface area contributed by atoms with Gasteiger partial charge in [-0.15, -0.1) is 0 Å². The maximum atomic E-state index is 12.5. The third-order valence-electron chi connectivity index (χ3n) is 4.25. The van der Waals surface area contributed by atoms with Gasteiger partial charge in [-0.2, -0.15) is 0 Å². The molecule has 1 amide bonds. The summed E-state index contributed by atoms with van der Waals surface area (Å²) < 4.78 is 0.